The van der Waals surface area contributed by atoms with Crippen LogP contribution in [-0.2, 0) is 4.79 Å². The van der Waals surface area contributed by atoms with Gasteiger partial charge in [-0.25, -0.2) is 0 Å². The number of anilines is 1. The van der Waals surface area contributed by atoms with Crippen molar-refractivity contribution in [2.45, 2.75) is 26.7 Å². The molecule has 0 aliphatic carbocycles. The first-order valence-electron chi connectivity index (χ1n) is 6.91. The summed E-state index contributed by atoms with van der Waals surface area (Å²) in [6.07, 6.45) is 6.34. The van der Waals surface area contributed by atoms with Gasteiger partial charge < -0.3 is 10.6 Å². The molecule has 0 aliphatic heterocycles. The van der Waals surface area contributed by atoms with Crippen LogP contribution in [0, 0.1) is 10.1 Å². The molecule has 0 aliphatic rings. The number of hydrogen-bond acceptors (Lipinski definition) is 5. The Morgan fingerprint density at radius 3 is 2.09 bits per heavy atom. The summed E-state index contributed by atoms with van der Waals surface area (Å²) in [4.78, 5) is 21.9. The van der Waals surface area contributed by atoms with Crippen LogP contribution in [0.25, 0.3) is 0 Å². The molecule has 0 atom stereocenters. The minimum absolute atomic E-state index is 0.0641. The highest BCUT2D eigenvalue weighted by Gasteiger charge is 2.01. The van der Waals surface area contributed by atoms with Crippen molar-refractivity contribution in [3.63, 3.8) is 0 Å². The van der Waals surface area contributed by atoms with Crippen LogP contribution in [0.4, 0.5) is 11.4 Å². The van der Waals surface area contributed by atoms with Gasteiger partial charge in [0.25, 0.3) is 5.69 Å². The first kappa shape index (κ1) is 22.5. The number of nitrogens with zero attached hydrogens (tertiary/aromatic N) is 2. The van der Waals surface area contributed by atoms with Crippen molar-refractivity contribution in [2.24, 2.45) is 0 Å². The zero-order valence-corrected chi connectivity index (χ0v) is 14.9. The maximum Gasteiger partial charge on any atom is 0.269 e. The van der Waals surface area contributed by atoms with Crippen molar-refractivity contribution in [1.29, 1.82) is 0 Å². The molecule has 7 heteroatoms. The molecule has 0 heterocycles. The van der Waals surface area contributed by atoms with Gasteiger partial charge in [0.2, 0.25) is 5.91 Å². The average Bonchev–Trinajstić information content (AvgIpc) is 2.46. The predicted molar refractivity (Wildman–Crippen MR) is 95.2 cm³/mol. The fourth-order valence-corrected chi connectivity index (χ4v) is 1.15. The molecule has 0 spiro atoms. The number of thioether (sulfide) groups is 1. The van der Waals surface area contributed by atoms with E-state index in [2.05, 4.69) is 6.92 Å². The molecule has 1 aromatic carbocycles. The Bertz CT molecular complexity index is 425. The second-order valence-corrected chi connectivity index (χ2v) is 5.37. The topological polar surface area (TPSA) is 89.5 Å². The Morgan fingerprint density at radius 2 is 1.77 bits per heavy atom. The van der Waals surface area contributed by atoms with Gasteiger partial charge in [0.05, 0.1) is 4.92 Å². The van der Waals surface area contributed by atoms with E-state index in [-0.39, 0.29) is 11.6 Å². The summed E-state index contributed by atoms with van der Waals surface area (Å²) >= 11 is 1.75. The molecule has 1 rings (SSSR count). The molecule has 1 amide bonds. The highest BCUT2D eigenvalue weighted by molar-refractivity contribution is 7.97. The molecule has 0 unspecified atom stereocenters. The second kappa shape index (κ2) is 14.2. The van der Waals surface area contributed by atoms with E-state index in [1.807, 2.05) is 19.6 Å². The fourth-order valence-electron chi connectivity index (χ4n) is 1.15. The predicted octanol–water partition coefficient (Wildman–Crippen LogP) is 3.42. The Kier molecular flexibility index (Phi) is 14.5. The molecule has 0 fully saturated rings. The number of hydrogen-bond donors (Lipinski definition) is 1. The number of carbonyl (C=O) groups excluding carboxylic acids is 1. The lowest BCUT2D eigenvalue weighted by Gasteiger charge is -2.12. The SMILES string of the molecule is CCCCN(C)C(C)=O.CSC.Nc1ccc([N+](=O)[O-])cc1. The fraction of sp³-hybridized carbons (Fsp3) is 0.533. The highest BCUT2D eigenvalue weighted by atomic mass is 32.2. The van der Waals surface area contributed by atoms with Crippen molar-refractivity contribution in [2.75, 3.05) is 31.8 Å². The van der Waals surface area contributed by atoms with Crippen LogP contribution >= 0.6 is 11.8 Å². The second-order valence-electron chi connectivity index (χ2n) is 4.55. The van der Waals surface area contributed by atoms with E-state index in [4.69, 9.17) is 5.73 Å². The zero-order chi connectivity index (χ0) is 17.5. The highest BCUT2D eigenvalue weighted by Crippen LogP contribution is 2.12. The number of nitro groups is 1. The lowest BCUT2D eigenvalue weighted by atomic mass is 10.3. The van der Waals surface area contributed by atoms with Gasteiger partial charge in [0.15, 0.2) is 0 Å². The van der Waals surface area contributed by atoms with Gasteiger partial charge in [-0.1, -0.05) is 13.3 Å². The monoisotopic (exact) mass is 329 g/mol. The molecule has 0 radical (unpaired) electrons. The van der Waals surface area contributed by atoms with E-state index in [1.54, 1.807) is 23.6 Å². The Hall–Kier alpha value is -1.76. The standard InChI is InChI=1S/C7H15NO.C6H6N2O2.C2H6S/c1-4-5-6-8(3)7(2)9;7-5-1-3-6(4-2-5)8(9)10;1-3-2/h4-6H2,1-3H3;1-4H,7H2;1-2H3. The van der Waals surface area contributed by atoms with Crippen LogP contribution in [-0.4, -0.2) is 41.8 Å². The molecule has 0 saturated heterocycles. The molecule has 2 N–H and O–H groups in total. The van der Waals surface area contributed by atoms with Gasteiger partial charge >= 0.3 is 0 Å². The van der Waals surface area contributed by atoms with Gasteiger partial charge in [-0.3, -0.25) is 14.9 Å². The van der Waals surface area contributed by atoms with Crippen LogP contribution in [0.15, 0.2) is 24.3 Å². The Labute approximate surface area is 137 Å². The van der Waals surface area contributed by atoms with Gasteiger partial charge in [-0.15, -0.1) is 0 Å². The van der Waals surface area contributed by atoms with Crippen molar-refractivity contribution in [3.8, 4) is 0 Å². The summed E-state index contributed by atoms with van der Waals surface area (Å²) in [5, 5.41) is 10.1. The van der Waals surface area contributed by atoms with E-state index in [0.717, 1.165) is 19.4 Å². The molecular formula is C15H27N3O3S. The number of amides is 1. The van der Waals surface area contributed by atoms with E-state index in [1.165, 1.54) is 24.3 Å². The summed E-state index contributed by atoms with van der Waals surface area (Å²) in [5.41, 5.74) is 5.90. The lowest BCUT2D eigenvalue weighted by molar-refractivity contribution is -0.384. The van der Waals surface area contributed by atoms with Gasteiger partial charge in [-0.2, -0.15) is 11.8 Å². The normalized spacial score (nSPS) is 8.77. The molecule has 6 nitrogen and oxygen atoms in total. The third-order valence-corrected chi connectivity index (χ3v) is 2.49. The number of carbonyl (C=O) groups is 1. The number of rotatable bonds is 4. The lowest BCUT2D eigenvalue weighted by Crippen LogP contribution is -2.24. The van der Waals surface area contributed by atoms with E-state index in [9.17, 15) is 14.9 Å². The maximum absolute atomic E-state index is 10.6. The summed E-state index contributed by atoms with van der Waals surface area (Å²) < 4.78 is 0. The summed E-state index contributed by atoms with van der Waals surface area (Å²) in [7, 11) is 1.83. The molecule has 126 valence electrons. The van der Waals surface area contributed by atoms with Crippen molar-refractivity contribution >= 4 is 29.0 Å². The van der Waals surface area contributed by atoms with E-state index in [0.29, 0.717) is 5.69 Å². The largest absolute Gasteiger partial charge is 0.399 e. The Balaban J connectivity index is 0. The quantitative estimate of drug-likeness (QED) is 0.519. The maximum atomic E-state index is 10.6. The smallest absolute Gasteiger partial charge is 0.269 e. The van der Waals surface area contributed by atoms with Crippen molar-refractivity contribution in [3.05, 3.63) is 34.4 Å². The van der Waals surface area contributed by atoms with Crippen molar-refractivity contribution < 1.29 is 9.72 Å². The van der Waals surface area contributed by atoms with Crippen LogP contribution in [0.1, 0.15) is 26.7 Å². The van der Waals surface area contributed by atoms with Gasteiger partial charge in [0, 0.05) is 38.3 Å². The number of unbranched alkanes of at least 4 members (excludes halogenated alkanes) is 1. The minimum Gasteiger partial charge on any atom is -0.399 e. The molecule has 0 aromatic heterocycles. The van der Waals surface area contributed by atoms with Gasteiger partial charge in [0.1, 0.15) is 0 Å². The third-order valence-electron chi connectivity index (χ3n) is 2.49. The summed E-state index contributed by atoms with van der Waals surface area (Å²) in [6, 6.07) is 5.74. The number of nitrogens with two attached hydrogens (primary N) is 1. The molecule has 0 saturated carbocycles. The first-order chi connectivity index (χ1) is 10.3. The summed E-state index contributed by atoms with van der Waals surface area (Å²) in [6.45, 7) is 4.61. The first-order valence-corrected chi connectivity index (χ1v) is 8.55. The number of nitro benzene ring substituents is 1. The van der Waals surface area contributed by atoms with Crippen LogP contribution in [0.5, 0.6) is 0 Å². The molecule has 1 aromatic rings. The number of benzene rings is 1. The third kappa shape index (κ3) is 13.2. The zero-order valence-electron chi connectivity index (χ0n) is 14.0. The van der Waals surface area contributed by atoms with Crippen LogP contribution < -0.4 is 5.73 Å². The van der Waals surface area contributed by atoms with Crippen LogP contribution in [0.3, 0.4) is 0 Å². The van der Waals surface area contributed by atoms with E-state index < -0.39 is 4.92 Å². The Morgan fingerprint density at radius 1 is 1.32 bits per heavy atom. The van der Waals surface area contributed by atoms with Crippen LogP contribution in [0.2, 0.25) is 0 Å². The number of nitrogen functional groups attached to an aromatic ring is 1. The number of non-ortho nitro benzene ring substituents is 1. The minimum atomic E-state index is -0.459. The van der Waals surface area contributed by atoms with E-state index >= 15 is 0 Å². The summed E-state index contributed by atoms with van der Waals surface area (Å²) in [5.74, 6) is 0.156. The molecular weight excluding hydrogens is 302 g/mol. The molecule has 22 heavy (non-hydrogen) atoms. The average molecular weight is 329 g/mol. The molecule has 0 bridgehead atoms. The van der Waals surface area contributed by atoms with Crippen molar-refractivity contribution in [1.82, 2.24) is 4.90 Å². The van der Waals surface area contributed by atoms with Gasteiger partial charge in [-0.05, 0) is 31.1 Å².